The molecular formula is C18H10ClIN4O3. The molecule has 4 amide bonds. The fourth-order valence-corrected chi connectivity index (χ4v) is 3.46. The van der Waals surface area contributed by atoms with E-state index >= 15 is 0 Å². The van der Waals surface area contributed by atoms with Crippen molar-refractivity contribution in [1.82, 2.24) is 20.6 Å². The molecule has 7 nitrogen and oxygen atoms in total. The number of rotatable bonds is 2. The van der Waals surface area contributed by atoms with Crippen molar-refractivity contribution in [3.05, 3.63) is 56.8 Å². The minimum absolute atomic E-state index is 0.242. The van der Waals surface area contributed by atoms with E-state index in [9.17, 15) is 14.4 Å². The number of hydrogen-bond acceptors (Lipinski definition) is 5. The zero-order chi connectivity index (χ0) is 19.1. The zero-order valence-corrected chi connectivity index (χ0v) is 16.4. The van der Waals surface area contributed by atoms with Crippen LogP contribution in [0.25, 0.3) is 22.3 Å². The third kappa shape index (κ3) is 3.37. The fraction of sp³-hybridized carbons (Fsp3) is 0.0556. The van der Waals surface area contributed by atoms with Crippen molar-refractivity contribution in [2.24, 2.45) is 0 Å². The number of nitrogens with one attached hydrogen (secondary N) is 2. The lowest BCUT2D eigenvalue weighted by atomic mass is 9.97. The molecule has 0 aliphatic carbocycles. The van der Waals surface area contributed by atoms with Crippen molar-refractivity contribution in [2.75, 3.05) is 0 Å². The van der Waals surface area contributed by atoms with E-state index in [0.29, 0.717) is 27.3 Å². The monoisotopic (exact) mass is 492 g/mol. The van der Waals surface area contributed by atoms with Crippen molar-refractivity contribution >= 4 is 62.9 Å². The maximum absolute atomic E-state index is 12.4. The van der Waals surface area contributed by atoms with Crippen LogP contribution < -0.4 is 10.6 Å². The molecule has 0 bridgehead atoms. The van der Waals surface area contributed by atoms with E-state index in [0.717, 1.165) is 3.57 Å². The maximum atomic E-state index is 12.4. The van der Waals surface area contributed by atoms with Crippen LogP contribution in [0, 0.1) is 3.57 Å². The summed E-state index contributed by atoms with van der Waals surface area (Å²) in [7, 11) is 0. The number of aromatic nitrogens is 2. The summed E-state index contributed by atoms with van der Waals surface area (Å²) in [5.74, 6) is -2.33. The molecule has 3 aromatic rings. The first kappa shape index (κ1) is 17.8. The van der Waals surface area contributed by atoms with Gasteiger partial charge in [0.05, 0.1) is 11.2 Å². The number of amides is 4. The third-order valence-electron chi connectivity index (χ3n) is 4.06. The summed E-state index contributed by atoms with van der Waals surface area (Å²) in [6.07, 6.45) is 0. The molecule has 2 heterocycles. The minimum Gasteiger partial charge on any atom is -0.277 e. The van der Waals surface area contributed by atoms with Crippen LogP contribution in [0.4, 0.5) is 4.79 Å². The average molecular weight is 493 g/mol. The lowest BCUT2D eigenvalue weighted by molar-refractivity contribution is -0.132. The fourth-order valence-electron chi connectivity index (χ4n) is 2.84. The Balaban J connectivity index is 1.95. The van der Waals surface area contributed by atoms with E-state index in [2.05, 4.69) is 43.2 Å². The molecule has 1 aliphatic heterocycles. The molecule has 134 valence electrons. The molecule has 1 saturated heterocycles. The summed E-state index contributed by atoms with van der Waals surface area (Å²) in [6, 6.07) is 11.5. The number of hydrogen-bond donors (Lipinski definition) is 2. The average Bonchev–Trinajstić information content (AvgIpc) is 2.61. The van der Waals surface area contributed by atoms with Gasteiger partial charge >= 0.3 is 6.03 Å². The van der Waals surface area contributed by atoms with Gasteiger partial charge in [0.25, 0.3) is 0 Å². The topological polar surface area (TPSA) is 101 Å². The molecule has 0 unspecified atom stereocenters. The van der Waals surface area contributed by atoms with Crippen LogP contribution in [-0.2, 0) is 9.59 Å². The highest BCUT2D eigenvalue weighted by atomic mass is 127. The van der Waals surface area contributed by atoms with Gasteiger partial charge < -0.3 is 0 Å². The normalized spacial score (nSPS) is 15.0. The van der Waals surface area contributed by atoms with Gasteiger partial charge in [0.15, 0.2) is 11.7 Å². The quantitative estimate of drug-likeness (QED) is 0.423. The van der Waals surface area contributed by atoms with Gasteiger partial charge in [0.1, 0.15) is 0 Å². The highest BCUT2D eigenvalue weighted by Gasteiger charge is 2.38. The maximum Gasteiger partial charge on any atom is 0.328 e. The number of carbonyl (C=O) groups excluding carboxylic acids is 3. The molecule has 0 radical (unpaired) electrons. The van der Waals surface area contributed by atoms with E-state index in [1.807, 2.05) is 6.07 Å². The van der Waals surface area contributed by atoms with Crippen molar-refractivity contribution in [1.29, 1.82) is 0 Å². The predicted octanol–water partition coefficient (Wildman–Crippen LogP) is 3.00. The first-order valence-corrected chi connectivity index (χ1v) is 9.27. The molecule has 2 N–H and O–H groups in total. The van der Waals surface area contributed by atoms with Crippen LogP contribution in [-0.4, -0.2) is 27.8 Å². The van der Waals surface area contributed by atoms with Crippen LogP contribution in [0.2, 0.25) is 5.02 Å². The van der Waals surface area contributed by atoms with E-state index in [1.165, 1.54) is 0 Å². The largest absolute Gasteiger partial charge is 0.328 e. The molecule has 0 saturated carbocycles. The number of urea groups is 1. The van der Waals surface area contributed by atoms with E-state index in [1.54, 1.807) is 36.4 Å². The summed E-state index contributed by atoms with van der Waals surface area (Å²) in [4.78, 5) is 45.2. The molecule has 1 aliphatic rings. The van der Waals surface area contributed by atoms with Gasteiger partial charge in [-0.3, -0.25) is 20.2 Å². The molecule has 0 atom stereocenters. The Morgan fingerprint density at radius 1 is 0.926 bits per heavy atom. The second-order valence-electron chi connectivity index (χ2n) is 5.84. The van der Waals surface area contributed by atoms with Gasteiger partial charge in [-0.25, -0.2) is 14.8 Å². The molecular weight excluding hydrogens is 483 g/mol. The standard InChI is InChI=1S/C18H10ClIN4O3/c19-9-3-1-8(2-4-9)15-21-12-6-5-10(20)7-11(12)14(22-15)13-16(25)23-18(27)24-17(13)26/h1-7,13H,(H2,23,24,25,26,27). The SMILES string of the molecule is O=C1NC(=O)C(c2nc(-c3ccc(Cl)cc3)nc3ccc(I)cc23)C(=O)N1. The molecule has 2 aromatic carbocycles. The summed E-state index contributed by atoms with van der Waals surface area (Å²) >= 11 is 8.06. The van der Waals surface area contributed by atoms with Crippen molar-refractivity contribution < 1.29 is 14.4 Å². The first-order chi connectivity index (χ1) is 12.9. The van der Waals surface area contributed by atoms with Crippen LogP contribution in [0.3, 0.4) is 0 Å². The van der Waals surface area contributed by atoms with Gasteiger partial charge in [-0.2, -0.15) is 0 Å². The summed E-state index contributed by atoms with van der Waals surface area (Å²) in [6.45, 7) is 0. The molecule has 9 heteroatoms. The van der Waals surface area contributed by atoms with Crippen molar-refractivity contribution in [2.45, 2.75) is 5.92 Å². The van der Waals surface area contributed by atoms with Gasteiger partial charge in [-0.1, -0.05) is 11.6 Å². The Morgan fingerprint density at radius 2 is 1.59 bits per heavy atom. The number of benzene rings is 2. The van der Waals surface area contributed by atoms with Crippen LogP contribution in [0.1, 0.15) is 11.6 Å². The lowest BCUT2D eigenvalue weighted by Gasteiger charge is -2.21. The second kappa shape index (κ2) is 6.86. The third-order valence-corrected chi connectivity index (χ3v) is 4.98. The predicted molar refractivity (Wildman–Crippen MR) is 107 cm³/mol. The minimum atomic E-state index is -1.25. The van der Waals surface area contributed by atoms with Gasteiger partial charge in [-0.15, -0.1) is 0 Å². The molecule has 0 spiro atoms. The zero-order valence-electron chi connectivity index (χ0n) is 13.5. The second-order valence-corrected chi connectivity index (χ2v) is 7.52. The Bertz CT molecular complexity index is 1100. The Kier molecular flexibility index (Phi) is 4.52. The van der Waals surface area contributed by atoms with Gasteiger partial charge in [-0.05, 0) is 65.1 Å². The Hall–Kier alpha value is -2.59. The van der Waals surface area contributed by atoms with Gasteiger partial charge in [0.2, 0.25) is 11.8 Å². The first-order valence-electron chi connectivity index (χ1n) is 7.81. The van der Waals surface area contributed by atoms with E-state index in [4.69, 9.17) is 11.6 Å². The van der Waals surface area contributed by atoms with Crippen molar-refractivity contribution in [3.8, 4) is 11.4 Å². The summed E-state index contributed by atoms with van der Waals surface area (Å²) < 4.78 is 0.900. The summed E-state index contributed by atoms with van der Waals surface area (Å²) in [5.41, 5.74) is 1.52. The number of nitrogens with zero attached hydrogens (tertiary/aromatic N) is 2. The Labute approximate surface area is 171 Å². The molecule has 1 aromatic heterocycles. The molecule has 1 fully saturated rings. The number of carbonyl (C=O) groups is 3. The smallest absolute Gasteiger partial charge is 0.277 e. The van der Waals surface area contributed by atoms with Crippen LogP contribution >= 0.6 is 34.2 Å². The Morgan fingerprint density at radius 3 is 2.26 bits per heavy atom. The highest BCUT2D eigenvalue weighted by molar-refractivity contribution is 14.1. The summed E-state index contributed by atoms with van der Waals surface area (Å²) in [5, 5.41) is 5.37. The molecule has 27 heavy (non-hydrogen) atoms. The number of barbiturate groups is 1. The number of imide groups is 2. The number of halogens is 2. The van der Waals surface area contributed by atoms with Gasteiger partial charge in [0, 0.05) is 19.5 Å². The van der Waals surface area contributed by atoms with E-state index in [-0.39, 0.29) is 5.69 Å². The highest BCUT2D eigenvalue weighted by Crippen LogP contribution is 2.29. The van der Waals surface area contributed by atoms with Crippen LogP contribution in [0.15, 0.2) is 42.5 Å². The van der Waals surface area contributed by atoms with Crippen molar-refractivity contribution in [3.63, 3.8) is 0 Å². The van der Waals surface area contributed by atoms with Crippen LogP contribution in [0.5, 0.6) is 0 Å². The number of fused-ring (bicyclic) bond motifs is 1. The lowest BCUT2D eigenvalue weighted by Crippen LogP contribution is -2.54. The molecule has 4 rings (SSSR count). The van der Waals surface area contributed by atoms with E-state index < -0.39 is 23.8 Å².